The van der Waals surface area contributed by atoms with Crippen molar-refractivity contribution in [2.24, 2.45) is 0 Å². The second kappa shape index (κ2) is 14.2. The summed E-state index contributed by atoms with van der Waals surface area (Å²) in [6.45, 7) is 6.04. The van der Waals surface area contributed by atoms with Gasteiger partial charge in [0, 0.05) is 17.8 Å². The fourth-order valence-corrected chi connectivity index (χ4v) is 4.74. The molecular weight excluding hydrogens is 680 g/mol. The van der Waals surface area contributed by atoms with Gasteiger partial charge in [-0.1, -0.05) is 12.6 Å². The molecule has 0 aliphatic carbocycles. The van der Waals surface area contributed by atoms with Crippen molar-refractivity contribution in [3.63, 3.8) is 0 Å². The molecule has 0 spiro atoms. The van der Waals surface area contributed by atoms with Crippen LogP contribution in [-0.2, 0) is 22.3 Å². The molecule has 266 valence electrons. The van der Waals surface area contributed by atoms with Gasteiger partial charge < -0.3 is 40.8 Å². The van der Waals surface area contributed by atoms with Crippen molar-refractivity contribution in [3.05, 3.63) is 83.8 Å². The van der Waals surface area contributed by atoms with Crippen LogP contribution in [0, 0.1) is 5.82 Å². The van der Waals surface area contributed by atoms with E-state index < -0.39 is 47.4 Å². The van der Waals surface area contributed by atoms with Crippen LogP contribution in [0.3, 0.4) is 0 Å². The lowest BCUT2D eigenvalue weighted by Gasteiger charge is -2.30. The van der Waals surface area contributed by atoms with Crippen LogP contribution in [0.2, 0.25) is 0 Å². The van der Waals surface area contributed by atoms with Crippen LogP contribution in [0.1, 0.15) is 35.3 Å². The van der Waals surface area contributed by atoms with Crippen molar-refractivity contribution in [2.45, 2.75) is 32.2 Å². The van der Waals surface area contributed by atoms with E-state index in [9.17, 15) is 31.9 Å². The van der Waals surface area contributed by atoms with Crippen molar-refractivity contribution in [1.29, 1.82) is 0 Å². The summed E-state index contributed by atoms with van der Waals surface area (Å²) < 4.78 is 72.9. The van der Waals surface area contributed by atoms with Crippen LogP contribution in [0.15, 0.2) is 61.3 Å². The first kappa shape index (κ1) is 35.8. The number of alkyl halides is 3. The lowest BCUT2D eigenvalue weighted by Crippen LogP contribution is -2.46. The Balaban J connectivity index is 1.40. The van der Waals surface area contributed by atoms with E-state index in [0.717, 1.165) is 24.4 Å². The van der Waals surface area contributed by atoms with E-state index in [2.05, 4.69) is 48.1 Å². The second-order valence-electron chi connectivity index (χ2n) is 11.3. The molecule has 3 amide bonds. The van der Waals surface area contributed by atoms with E-state index in [1.54, 1.807) is 19.9 Å². The highest BCUT2D eigenvalue weighted by molar-refractivity contribution is 6.06. The fraction of sp³-hybridized carbons (Fsp3) is 0.212. The van der Waals surface area contributed by atoms with Gasteiger partial charge in [-0.2, -0.15) is 18.2 Å². The van der Waals surface area contributed by atoms with Gasteiger partial charge in [0.25, 0.3) is 11.8 Å². The summed E-state index contributed by atoms with van der Waals surface area (Å²) in [4.78, 5) is 49.5. The van der Waals surface area contributed by atoms with Gasteiger partial charge >= 0.3 is 6.18 Å². The van der Waals surface area contributed by atoms with E-state index in [1.807, 2.05) is 0 Å². The Bertz CT molecular complexity index is 2040. The molecule has 0 radical (unpaired) electrons. The maximum atomic E-state index is 14.8. The lowest BCUT2D eigenvalue weighted by atomic mass is 10.1. The van der Waals surface area contributed by atoms with Crippen LogP contribution in [0.5, 0.6) is 17.2 Å². The molecular formula is C33H30F4N8O6. The quantitative estimate of drug-likeness (QED) is 0.0953. The Morgan fingerprint density at radius 1 is 1.06 bits per heavy atom. The number of benzene rings is 2. The van der Waals surface area contributed by atoms with Gasteiger partial charge in [-0.05, 0) is 61.9 Å². The number of halogens is 4. The molecule has 2 aromatic carbocycles. The molecule has 1 aliphatic rings. The normalized spacial score (nSPS) is 13.1. The first-order valence-corrected chi connectivity index (χ1v) is 14.9. The molecule has 1 aliphatic heterocycles. The van der Waals surface area contributed by atoms with Gasteiger partial charge in [0.05, 0.1) is 31.7 Å². The molecule has 51 heavy (non-hydrogen) atoms. The Morgan fingerprint density at radius 3 is 2.51 bits per heavy atom. The van der Waals surface area contributed by atoms with Crippen molar-refractivity contribution in [1.82, 2.24) is 20.3 Å². The summed E-state index contributed by atoms with van der Waals surface area (Å²) in [5, 5.41) is 12.9. The van der Waals surface area contributed by atoms with E-state index in [4.69, 9.17) is 14.2 Å². The largest absolute Gasteiger partial charge is 0.493 e. The van der Waals surface area contributed by atoms with E-state index in [0.29, 0.717) is 5.75 Å². The van der Waals surface area contributed by atoms with Crippen LogP contribution >= 0.6 is 0 Å². The van der Waals surface area contributed by atoms with Crippen LogP contribution in [0.4, 0.5) is 52.3 Å². The minimum atomic E-state index is -4.80. The molecule has 0 fully saturated rings. The number of pyridine rings is 1. The molecule has 14 nitrogen and oxygen atoms in total. The van der Waals surface area contributed by atoms with Crippen molar-refractivity contribution >= 4 is 52.5 Å². The summed E-state index contributed by atoms with van der Waals surface area (Å²) in [6.07, 6.45) is -3.00. The molecule has 3 heterocycles. The zero-order valence-electron chi connectivity index (χ0n) is 27.4. The number of rotatable bonds is 11. The standard InChI is InChI=1S/C33H30F4N8O6/c1-6-25(46)38-14-16-7-8-18(13-19(16)33(35,36)37)40-29(47)17-11-21(26(50-5)23(12-17)49-4)41-31-39-15-20(34)27(45-31)42-24-10-9-22-28(43-24)44-30(48)32(2,3)51-22/h6-13,15H,1,14H2,2-5H3,(H,38,46)(H,40,47)(H3,39,41,42,43,44,45,48). The summed E-state index contributed by atoms with van der Waals surface area (Å²) >= 11 is 0. The average molecular weight is 711 g/mol. The number of hydrogen-bond acceptors (Lipinski definition) is 11. The molecule has 5 rings (SSSR count). The molecule has 18 heteroatoms. The van der Waals surface area contributed by atoms with Crippen LogP contribution in [-0.4, -0.2) is 52.5 Å². The number of anilines is 6. The number of nitrogens with zero attached hydrogens (tertiary/aromatic N) is 3. The summed E-state index contributed by atoms with van der Waals surface area (Å²) in [5.41, 5.74) is -2.58. The lowest BCUT2D eigenvalue weighted by molar-refractivity contribution is -0.138. The molecule has 0 saturated carbocycles. The number of methoxy groups -OCH3 is 2. The number of amides is 3. The zero-order valence-corrected chi connectivity index (χ0v) is 27.4. The van der Waals surface area contributed by atoms with Gasteiger partial charge in [0.2, 0.25) is 11.9 Å². The van der Waals surface area contributed by atoms with Crippen molar-refractivity contribution in [2.75, 3.05) is 35.5 Å². The molecule has 0 saturated heterocycles. The Kier molecular flexibility index (Phi) is 9.96. The molecule has 2 aromatic heterocycles. The number of ether oxygens (including phenoxy) is 3. The molecule has 0 unspecified atom stereocenters. The smallest absolute Gasteiger partial charge is 0.416 e. The zero-order chi connectivity index (χ0) is 37.1. The summed E-state index contributed by atoms with van der Waals surface area (Å²) in [7, 11) is 2.63. The first-order chi connectivity index (χ1) is 24.1. The monoisotopic (exact) mass is 710 g/mol. The Labute approximate surface area is 287 Å². The topological polar surface area (TPSA) is 178 Å². The number of nitrogens with one attached hydrogen (secondary N) is 5. The third-order valence-corrected chi connectivity index (χ3v) is 7.29. The summed E-state index contributed by atoms with van der Waals surface area (Å²) in [5.74, 6) is -2.53. The predicted molar refractivity (Wildman–Crippen MR) is 177 cm³/mol. The third-order valence-electron chi connectivity index (χ3n) is 7.29. The minimum Gasteiger partial charge on any atom is -0.493 e. The third kappa shape index (κ3) is 8.06. The number of hydrogen-bond donors (Lipinski definition) is 5. The highest BCUT2D eigenvalue weighted by Crippen LogP contribution is 2.39. The molecule has 5 N–H and O–H groups in total. The van der Waals surface area contributed by atoms with Gasteiger partial charge in [-0.3, -0.25) is 14.4 Å². The number of aromatic nitrogens is 3. The van der Waals surface area contributed by atoms with Crippen LogP contribution in [0.25, 0.3) is 0 Å². The Morgan fingerprint density at radius 2 is 1.82 bits per heavy atom. The summed E-state index contributed by atoms with van der Waals surface area (Å²) in [6, 6.07) is 8.76. The maximum Gasteiger partial charge on any atom is 0.416 e. The minimum absolute atomic E-state index is 0.0584. The predicted octanol–water partition coefficient (Wildman–Crippen LogP) is 5.70. The van der Waals surface area contributed by atoms with E-state index >= 15 is 0 Å². The Hall–Kier alpha value is -6.46. The SMILES string of the molecule is C=CC(=O)NCc1ccc(NC(=O)c2cc(Nc3ncc(F)c(Nc4ccc5c(n4)NC(=O)C(C)(C)O5)n3)c(OC)c(OC)c2)cc1C(F)(F)F. The maximum absolute atomic E-state index is 14.8. The average Bonchev–Trinajstić information content (AvgIpc) is 3.08. The second-order valence-corrected chi connectivity index (χ2v) is 11.3. The van der Waals surface area contributed by atoms with Gasteiger partial charge in [-0.25, -0.2) is 14.4 Å². The van der Waals surface area contributed by atoms with Crippen LogP contribution < -0.4 is 40.8 Å². The molecule has 4 aromatic rings. The van der Waals surface area contributed by atoms with Gasteiger partial charge in [0.15, 0.2) is 40.3 Å². The van der Waals surface area contributed by atoms with E-state index in [1.165, 1.54) is 38.5 Å². The number of carbonyl (C=O) groups is 3. The first-order valence-electron chi connectivity index (χ1n) is 14.9. The van der Waals surface area contributed by atoms with E-state index in [-0.39, 0.29) is 57.4 Å². The molecule has 0 bridgehead atoms. The fourth-order valence-electron chi connectivity index (χ4n) is 4.74. The van der Waals surface area contributed by atoms with Crippen molar-refractivity contribution < 1.29 is 46.2 Å². The number of carbonyl (C=O) groups excluding carboxylic acids is 3. The number of fused-ring (bicyclic) bond motifs is 1. The highest BCUT2D eigenvalue weighted by atomic mass is 19.4. The van der Waals surface area contributed by atoms with Gasteiger partial charge in [-0.15, -0.1) is 0 Å². The molecule has 0 atom stereocenters. The highest BCUT2D eigenvalue weighted by Gasteiger charge is 2.36. The van der Waals surface area contributed by atoms with Gasteiger partial charge in [0.1, 0.15) is 5.82 Å². The van der Waals surface area contributed by atoms with Crippen molar-refractivity contribution in [3.8, 4) is 17.2 Å².